The lowest BCUT2D eigenvalue weighted by molar-refractivity contribution is -0.139. The van der Waals surface area contributed by atoms with Crippen LogP contribution in [0.2, 0.25) is 0 Å². The number of fused-ring (bicyclic) bond motifs is 1. The van der Waals surface area contributed by atoms with Crippen LogP contribution in [-0.2, 0) is 32.2 Å². The minimum absolute atomic E-state index is 0.0506. The quantitative estimate of drug-likeness (QED) is 0.136. The van der Waals surface area contributed by atoms with Crippen LogP contribution in [0.5, 0.6) is 11.5 Å². The smallest absolute Gasteiger partial charge is 0.410 e. The van der Waals surface area contributed by atoms with Crippen molar-refractivity contribution < 1.29 is 33.3 Å². The second-order valence-electron chi connectivity index (χ2n) is 14.3. The van der Waals surface area contributed by atoms with Crippen LogP contribution < -0.4 is 14.4 Å². The molecule has 0 radical (unpaired) electrons. The molecule has 4 aromatic carbocycles. The monoisotopic (exact) mass is 733 g/mol. The van der Waals surface area contributed by atoms with Crippen molar-refractivity contribution in [3.63, 3.8) is 0 Å². The summed E-state index contributed by atoms with van der Waals surface area (Å²) in [6, 6.07) is 33.4. The van der Waals surface area contributed by atoms with E-state index < -0.39 is 18.2 Å². The summed E-state index contributed by atoms with van der Waals surface area (Å²) in [4.78, 5) is 34.5. The first-order chi connectivity index (χ1) is 26.5. The lowest BCUT2D eigenvalue weighted by atomic mass is 9.82. The van der Waals surface area contributed by atoms with Gasteiger partial charge in [-0.3, -0.25) is 9.69 Å². The fourth-order valence-corrected chi connectivity index (χ4v) is 7.99. The van der Waals surface area contributed by atoms with Gasteiger partial charge in [-0.15, -0.1) is 0 Å². The van der Waals surface area contributed by atoms with Crippen molar-refractivity contribution in [3.05, 3.63) is 125 Å². The zero-order valence-corrected chi connectivity index (χ0v) is 31.3. The molecule has 0 spiro atoms. The van der Waals surface area contributed by atoms with Gasteiger partial charge in [-0.25, -0.2) is 4.79 Å². The molecular weight excluding hydrogens is 682 g/mol. The van der Waals surface area contributed by atoms with Crippen molar-refractivity contribution in [2.24, 2.45) is 0 Å². The van der Waals surface area contributed by atoms with Crippen molar-refractivity contribution in [2.75, 3.05) is 65.1 Å². The molecule has 2 saturated heterocycles. The molecule has 10 nitrogen and oxygen atoms in total. The Morgan fingerprint density at radius 1 is 0.815 bits per heavy atom. The van der Waals surface area contributed by atoms with E-state index in [2.05, 4.69) is 23.1 Å². The number of hydrogen-bond acceptors (Lipinski definition) is 8. The number of ether oxygens (including phenoxy) is 5. The third kappa shape index (κ3) is 8.83. The molecule has 0 saturated carbocycles. The first-order valence-corrected chi connectivity index (χ1v) is 19.1. The van der Waals surface area contributed by atoms with E-state index in [1.54, 1.807) is 19.1 Å². The average molecular weight is 734 g/mol. The Hall–Kier alpha value is -5.06. The topological polar surface area (TPSA) is 90.0 Å². The summed E-state index contributed by atoms with van der Waals surface area (Å²) < 4.78 is 29.5. The van der Waals surface area contributed by atoms with Crippen LogP contribution >= 0.6 is 0 Å². The third-order valence-electron chi connectivity index (χ3n) is 10.9. The molecule has 0 N–H and O–H groups in total. The number of nitrogens with zero attached hydrogens (tertiary/aromatic N) is 3. The molecule has 3 aliphatic heterocycles. The molecule has 284 valence electrons. The van der Waals surface area contributed by atoms with Gasteiger partial charge in [0.15, 0.2) is 0 Å². The minimum atomic E-state index is -0.712. The van der Waals surface area contributed by atoms with Gasteiger partial charge < -0.3 is 33.5 Å². The van der Waals surface area contributed by atoms with E-state index in [1.807, 2.05) is 89.8 Å². The van der Waals surface area contributed by atoms with Crippen LogP contribution in [0, 0.1) is 0 Å². The number of likely N-dealkylation sites (tertiary alicyclic amines) is 2. The lowest BCUT2D eigenvalue weighted by Crippen LogP contribution is -2.58. The maximum Gasteiger partial charge on any atom is 0.410 e. The summed E-state index contributed by atoms with van der Waals surface area (Å²) in [6.45, 7) is 4.91. The number of carbonyl (C=O) groups excluding carboxylic acids is 2. The largest absolute Gasteiger partial charge is 0.497 e. The van der Waals surface area contributed by atoms with E-state index in [4.69, 9.17) is 23.7 Å². The van der Waals surface area contributed by atoms with Gasteiger partial charge in [0, 0.05) is 45.2 Å². The Morgan fingerprint density at radius 3 is 2.35 bits per heavy atom. The zero-order chi connectivity index (χ0) is 37.3. The maximum absolute atomic E-state index is 14.6. The third-order valence-corrected chi connectivity index (χ3v) is 10.9. The first kappa shape index (κ1) is 37.3. The first-order valence-electron chi connectivity index (χ1n) is 19.1. The van der Waals surface area contributed by atoms with Gasteiger partial charge in [-0.05, 0) is 65.8 Å². The molecule has 4 aromatic rings. The molecule has 0 aliphatic carbocycles. The molecule has 3 heterocycles. The van der Waals surface area contributed by atoms with Crippen LogP contribution in [0.4, 0.5) is 10.5 Å². The minimum Gasteiger partial charge on any atom is -0.497 e. The highest BCUT2D eigenvalue weighted by Crippen LogP contribution is 2.38. The normalized spacial score (nSPS) is 21.0. The SMILES string of the molecule is COCCCN1CCOc2ccc(CO[C@H]3CN(C(=O)OCc4ccccc4)[C@@H](C(=O)N4CCC(c5ccccc5)C4)C[C@@H]3c3ccc(OC)cc3)cc21. The van der Waals surface area contributed by atoms with Crippen molar-refractivity contribution in [2.45, 2.75) is 56.5 Å². The molecule has 4 atom stereocenters. The molecule has 2 fully saturated rings. The van der Waals surface area contributed by atoms with E-state index in [1.165, 1.54) is 5.56 Å². The predicted molar refractivity (Wildman–Crippen MR) is 207 cm³/mol. The number of rotatable bonds is 13. The van der Waals surface area contributed by atoms with Crippen molar-refractivity contribution >= 4 is 17.7 Å². The molecule has 7 rings (SSSR count). The number of anilines is 1. The van der Waals surface area contributed by atoms with Gasteiger partial charge in [-0.1, -0.05) is 78.9 Å². The van der Waals surface area contributed by atoms with Crippen LogP contribution in [0.3, 0.4) is 0 Å². The Balaban J connectivity index is 1.15. The lowest BCUT2D eigenvalue weighted by Gasteiger charge is -2.43. The Bertz CT molecular complexity index is 1820. The standard InChI is InChI=1S/C44H51N3O7/c1-50-24-9-21-45-23-25-52-41-19-14-33(26-39(41)45)31-53-42-29-47(44(49)54-30-32-10-5-3-6-11-32)40(27-38(42)35-15-17-37(51-2)18-16-35)43(48)46-22-20-36(28-46)34-12-7-4-8-13-34/h3-8,10-19,26,36,38,40,42H,9,20-25,27-31H2,1-2H3/t36?,38-,40-,42+/m1/s1. The van der Waals surface area contributed by atoms with Gasteiger partial charge in [-0.2, -0.15) is 0 Å². The number of methoxy groups -OCH3 is 2. The van der Waals surface area contributed by atoms with Gasteiger partial charge >= 0.3 is 6.09 Å². The number of carbonyl (C=O) groups is 2. The van der Waals surface area contributed by atoms with Crippen molar-refractivity contribution in [3.8, 4) is 11.5 Å². The number of amides is 2. The fraction of sp³-hybridized carbons (Fsp3) is 0.409. The molecule has 2 amide bonds. The van der Waals surface area contributed by atoms with Gasteiger partial charge in [0.2, 0.25) is 5.91 Å². The summed E-state index contributed by atoms with van der Waals surface area (Å²) in [6.07, 6.45) is 1.27. The summed E-state index contributed by atoms with van der Waals surface area (Å²) >= 11 is 0. The predicted octanol–water partition coefficient (Wildman–Crippen LogP) is 7.03. The Morgan fingerprint density at radius 2 is 1.59 bits per heavy atom. The highest BCUT2D eigenvalue weighted by molar-refractivity contribution is 5.86. The van der Waals surface area contributed by atoms with Crippen LogP contribution in [0.15, 0.2) is 103 Å². The molecule has 10 heteroatoms. The molecule has 54 heavy (non-hydrogen) atoms. The second-order valence-corrected chi connectivity index (χ2v) is 14.3. The average Bonchev–Trinajstić information content (AvgIpc) is 3.73. The van der Waals surface area contributed by atoms with Gasteiger partial charge in [0.1, 0.15) is 30.8 Å². The molecule has 1 unspecified atom stereocenters. The number of benzene rings is 4. The van der Waals surface area contributed by atoms with Crippen LogP contribution in [0.1, 0.15) is 53.4 Å². The summed E-state index contributed by atoms with van der Waals surface area (Å²) in [5, 5.41) is 0. The van der Waals surface area contributed by atoms with E-state index in [9.17, 15) is 9.59 Å². The summed E-state index contributed by atoms with van der Waals surface area (Å²) in [7, 11) is 3.37. The Labute approximate surface area is 318 Å². The fourth-order valence-electron chi connectivity index (χ4n) is 7.99. The van der Waals surface area contributed by atoms with Crippen molar-refractivity contribution in [1.29, 1.82) is 0 Å². The van der Waals surface area contributed by atoms with E-state index in [-0.39, 0.29) is 30.9 Å². The summed E-state index contributed by atoms with van der Waals surface area (Å²) in [5.74, 6) is 1.65. The highest BCUT2D eigenvalue weighted by Gasteiger charge is 2.45. The van der Waals surface area contributed by atoms with Gasteiger partial charge in [0.05, 0.1) is 38.6 Å². The van der Waals surface area contributed by atoms with Gasteiger partial charge in [0.25, 0.3) is 0 Å². The second kappa shape index (κ2) is 17.8. The Kier molecular flexibility index (Phi) is 12.3. The number of hydrogen-bond donors (Lipinski definition) is 0. The maximum atomic E-state index is 14.6. The highest BCUT2D eigenvalue weighted by atomic mass is 16.6. The van der Waals surface area contributed by atoms with Crippen LogP contribution in [-0.4, -0.2) is 94.1 Å². The number of piperidine rings is 1. The molecule has 0 aromatic heterocycles. The molecular formula is C44H51N3O7. The summed E-state index contributed by atoms with van der Waals surface area (Å²) in [5.41, 5.74) is 5.19. The van der Waals surface area contributed by atoms with E-state index in [0.717, 1.165) is 59.8 Å². The van der Waals surface area contributed by atoms with E-state index >= 15 is 0 Å². The van der Waals surface area contributed by atoms with E-state index in [0.29, 0.717) is 39.3 Å². The van der Waals surface area contributed by atoms with Crippen LogP contribution in [0.25, 0.3) is 0 Å². The zero-order valence-electron chi connectivity index (χ0n) is 31.3. The van der Waals surface area contributed by atoms with Crippen molar-refractivity contribution in [1.82, 2.24) is 9.80 Å². The molecule has 0 bridgehead atoms. The molecule has 3 aliphatic rings.